The van der Waals surface area contributed by atoms with Crippen molar-refractivity contribution >= 4 is 5.78 Å². The minimum Gasteiger partial charge on any atom is -0.392 e. The van der Waals surface area contributed by atoms with Crippen molar-refractivity contribution in [1.29, 1.82) is 0 Å². The number of aliphatic hydroxyl groups is 4. The van der Waals surface area contributed by atoms with E-state index in [9.17, 15) is 25.2 Å². The Balaban J connectivity index is 1.64. The van der Waals surface area contributed by atoms with Crippen LogP contribution < -0.4 is 5.32 Å². The number of Topliss-reactive ketones (excluding diaryl/α,β-unsaturated/α-hetero) is 1. The maximum Gasteiger partial charge on any atom is 0.208 e. The fourth-order valence-corrected chi connectivity index (χ4v) is 8.67. The van der Waals surface area contributed by atoms with Gasteiger partial charge in [0.25, 0.3) is 0 Å². The molecule has 4 bridgehead atoms. The number of carbonyl (C=O) groups excluding carboxylic acids is 1. The molecule has 0 aromatic rings. The van der Waals surface area contributed by atoms with Gasteiger partial charge >= 0.3 is 0 Å². The smallest absolute Gasteiger partial charge is 0.208 e. The van der Waals surface area contributed by atoms with Gasteiger partial charge in [0.15, 0.2) is 5.78 Å². The molecule has 7 rings (SSSR count). The molecule has 7 heteroatoms. The molecule has 7 fully saturated rings. The fraction of sp³-hybridized carbons (Fsp3) is 0.950. The highest BCUT2D eigenvalue weighted by Crippen LogP contribution is 2.77. The minimum absolute atomic E-state index is 0.118. The number of hydrogen-bond acceptors (Lipinski definition) is 7. The van der Waals surface area contributed by atoms with Crippen LogP contribution >= 0.6 is 0 Å². The first kappa shape index (κ1) is 17.3. The number of aliphatic hydroxyl groups excluding tert-OH is 3. The summed E-state index contributed by atoms with van der Waals surface area (Å²) in [5.41, 5.74) is -3.50. The molecule has 3 heterocycles. The Morgan fingerprint density at radius 3 is 2.48 bits per heavy atom. The van der Waals surface area contributed by atoms with E-state index in [-0.39, 0.29) is 29.6 Å². The van der Waals surface area contributed by atoms with E-state index in [2.05, 4.69) is 19.2 Å². The number of ether oxygens (including phenoxy) is 1. The van der Waals surface area contributed by atoms with Crippen LogP contribution in [0.15, 0.2) is 0 Å². The second-order valence-corrected chi connectivity index (χ2v) is 10.8. The van der Waals surface area contributed by atoms with E-state index < -0.39 is 46.4 Å². The third-order valence-corrected chi connectivity index (χ3v) is 9.74. The predicted molar refractivity (Wildman–Crippen MR) is 92.2 cm³/mol. The van der Waals surface area contributed by atoms with Crippen LogP contribution in [0.2, 0.25) is 0 Å². The van der Waals surface area contributed by atoms with Gasteiger partial charge in [0.1, 0.15) is 11.5 Å². The molecule has 10 atom stereocenters. The first-order chi connectivity index (χ1) is 12.6. The van der Waals surface area contributed by atoms with Gasteiger partial charge in [-0.15, -0.1) is 0 Å². The van der Waals surface area contributed by atoms with Gasteiger partial charge in [-0.25, -0.2) is 0 Å². The summed E-state index contributed by atoms with van der Waals surface area (Å²) in [6.45, 7) is 4.74. The second kappa shape index (κ2) is 4.45. The summed E-state index contributed by atoms with van der Waals surface area (Å²) in [5.74, 6) is -3.38. The largest absolute Gasteiger partial charge is 0.392 e. The normalized spacial score (nSPS) is 65.2. The van der Waals surface area contributed by atoms with Crippen LogP contribution in [0.25, 0.3) is 0 Å². The average molecular weight is 379 g/mol. The number of rotatable bonds is 0. The van der Waals surface area contributed by atoms with Crippen LogP contribution in [0, 0.1) is 34.0 Å². The molecule has 3 saturated heterocycles. The van der Waals surface area contributed by atoms with Gasteiger partial charge in [-0.2, -0.15) is 0 Å². The van der Waals surface area contributed by atoms with E-state index >= 15 is 0 Å². The van der Waals surface area contributed by atoms with Crippen molar-refractivity contribution < 1.29 is 30.0 Å². The first-order valence-electron chi connectivity index (χ1n) is 10.3. The molecule has 150 valence electrons. The summed E-state index contributed by atoms with van der Waals surface area (Å²) in [4.78, 5) is 13.8. The standard InChI is InChI=1S/C20H29NO6/c1-16(2)6-5-11(22)17-8-27-20(26,14(24)12(16)17)19-10(17)4-3-9(13(19)23)18(7-21-18)15(19)25/h9-14,21-24,26H,3-8H2,1-2H3/t9-,10?,11+,12?,13-,14+,17-,18?,19-,20+/m1/s1. The fourth-order valence-electron chi connectivity index (χ4n) is 8.67. The van der Waals surface area contributed by atoms with Gasteiger partial charge in [0.2, 0.25) is 5.79 Å². The van der Waals surface area contributed by atoms with E-state index in [0.717, 1.165) is 6.42 Å². The summed E-state index contributed by atoms with van der Waals surface area (Å²) in [6.07, 6.45) is -0.483. The molecule has 3 aliphatic heterocycles. The zero-order valence-electron chi connectivity index (χ0n) is 15.8. The van der Waals surface area contributed by atoms with Crippen molar-refractivity contribution in [2.24, 2.45) is 34.0 Å². The maximum atomic E-state index is 13.8. The average Bonchev–Trinajstić information content (AvgIpc) is 3.40. The number of nitrogens with one attached hydrogen (secondary N) is 1. The quantitative estimate of drug-likeness (QED) is 0.347. The van der Waals surface area contributed by atoms with Crippen molar-refractivity contribution in [3.63, 3.8) is 0 Å². The molecule has 0 amide bonds. The van der Waals surface area contributed by atoms with Crippen molar-refractivity contribution in [3.05, 3.63) is 0 Å². The number of fused-ring (bicyclic) bond motifs is 3. The lowest BCUT2D eigenvalue weighted by Crippen LogP contribution is -2.85. The van der Waals surface area contributed by atoms with Crippen molar-refractivity contribution in [3.8, 4) is 0 Å². The van der Waals surface area contributed by atoms with Crippen molar-refractivity contribution in [2.45, 2.75) is 69.2 Å². The SMILES string of the molecule is CC1(C)CC[C@H](O)[C@]23CO[C@@](O)([C@@H](O)C12)[C@]12C(=O)C4(CN4)[C@H](CCC31)[C@H]2O. The first-order valence-corrected chi connectivity index (χ1v) is 10.3. The molecule has 0 radical (unpaired) electrons. The molecule has 4 saturated carbocycles. The Hall–Kier alpha value is -0.570. The van der Waals surface area contributed by atoms with Gasteiger partial charge in [0, 0.05) is 23.8 Å². The van der Waals surface area contributed by atoms with Crippen LogP contribution in [0.4, 0.5) is 0 Å². The van der Waals surface area contributed by atoms with Gasteiger partial charge in [-0.05, 0) is 37.0 Å². The van der Waals surface area contributed by atoms with Crippen LogP contribution in [0.1, 0.15) is 39.5 Å². The van der Waals surface area contributed by atoms with E-state index in [4.69, 9.17) is 4.74 Å². The lowest BCUT2D eigenvalue weighted by Gasteiger charge is -2.74. The molecule has 4 aliphatic carbocycles. The molecular formula is C20H29NO6. The van der Waals surface area contributed by atoms with E-state index in [1.54, 1.807) is 0 Å². The monoisotopic (exact) mass is 379 g/mol. The third-order valence-electron chi connectivity index (χ3n) is 9.74. The highest BCUT2D eigenvalue weighted by Gasteiger charge is 2.90. The number of carbonyl (C=O) groups is 1. The predicted octanol–water partition coefficient (Wildman–Crippen LogP) is -0.839. The van der Waals surface area contributed by atoms with Gasteiger partial charge in [-0.3, -0.25) is 4.79 Å². The number of ketones is 1. The summed E-state index contributed by atoms with van der Waals surface area (Å²) >= 11 is 0. The lowest BCUT2D eigenvalue weighted by molar-refractivity contribution is -0.458. The van der Waals surface area contributed by atoms with Crippen molar-refractivity contribution in [2.75, 3.05) is 13.2 Å². The Kier molecular flexibility index (Phi) is 2.85. The van der Waals surface area contributed by atoms with E-state index in [1.165, 1.54) is 0 Å². The Labute approximate surface area is 158 Å². The molecular weight excluding hydrogens is 350 g/mol. The molecule has 0 aromatic heterocycles. The maximum absolute atomic E-state index is 13.8. The molecule has 0 aromatic carbocycles. The van der Waals surface area contributed by atoms with E-state index in [1.807, 2.05) is 0 Å². The minimum atomic E-state index is -2.11. The van der Waals surface area contributed by atoms with Crippen LogP contribution in [-0.4, -0.2) is 69.0 Å². The summed E-state index contributed by atoms with van der Waals surface area (Å²) in [5, 5.41) is 48.9. The molecule has 3 unspecified atom stereocenters. The topological polar surface area (TPSA) is 129 Å². The van der Waals surface area contributed by atoms with Crippen LogP contribution in [0.5, 0.6) is 0 Å². The van der Waals surface area contributed by atoms with Crippen LogP contribution in [0.3, 0.4) is 0 Å². The zero-order chi connectivity index (χ0) is 19.2. The molecule has 5 N–H and O–H groups in total. The molecule has 7 aliphatic rings. The Bertz CT molecular complexity index is 751. The summed E-state index contributed by atoms with van der Waals surface area (Å²) in [7, 11) is 0. The number of hydrogen-bond donors (Lipinski definition) is 5. The summed E-state index contributed by atoms with van der Waals surface area (Å²) in [6, 6.07) is 0. The van der Waals surface area contributed by atoms with Gasteiger partial charge < -0.3 is 30.5 Å². The van der Waals surface area contributed by atoms with Crippen LogP contribution in [-0.2, 0) is 9.53 Å². The Morgan fingerprint density at radius 2 is 1.81 bits per heavy atom. The van der Waals surface area contributed by atoms with Gasteiger partial charge in [-0.1, -0.05) is 13.8 Å². The highest BCUT2D eigenvalue weighted by molar-refractivity contribution is 6.02. The second-order valence-electron chi connectivity index (χ2n) is 10.8. The lowest BCUT2D eigenvalue weighted by atomic mass is 9.35. The third kappa shape index (κ3) is 1.41. The van der Waals surface area contributed by atoms with Gasteiger partial charge in [0.05, 0.1) is 24.4 Å². The highest BCUT2D eigenvalue weighted by atomic mass is 16.6. The summed E-state index contributed by atoms with van der Waals surface area (Å²) < 4.78 is 5.89. The zero-order valence-corrected chi connectivity index (χ0v) is 15.8. The Morgan fingerprint density at radius 1 is 1.11 bits per heavy atom. The molecule has 7 nitrogen and oxygen atoms in total. The molecule has 27 heavy (non-hydrogen) atoms. The van der Waals surface area contributed by atoms with E-state index in [0.29, 0.717) is 25.8 Å². The van der Waals surface area contributed by atoms with Crippen molar-refractivity contribution in [1.82, 2.24) is 5.32 Å². The molecule has 3 spiro atoms.